The van der Waals surface area contributed by atoms with E-state index in [0.717, 1.165) is 23.6 Å². The third-order valence-electron chi connectivity index (χ3n) is 5.30. The average molecular weight is 414 g/mol. The van der Waals surface area contributed by atoms with Gasteiger partial charge in [-0.15, -0.1) is 0 Å². The van der Waals surface area contributed by atoms with E-state index >= 15 is 0 Å². The summed E-state index contributed by atoms with van der Waals surface area (Å²) >= 11 is 1.53. The van der Waals surface area contributed by atoms with Gasteiger partial charge in [-0.3, -0.25) is 9.59 Å². The zero-order valence-corrected chi connectivity index (χ0v) is 18.3. The van der Waals surface area contributed by atoms with Crippen molar-refractivity contribution in [2.45, 2.75) is 58.5 Å². The number of fused-ring (bicyclic) bond motifs is 1. The number of ketones is 1. The summed E-state index contributed by atoms with van der Waals surface area (Å²) in [6, 6.07) is 3.72. The summed E-state index contributed by atoms with van der Waals surface area (Å²) in [6.45, 7) is 10.3. The highest BCUT2D eigenvalue weighted by molar-refractivity contribution is 7.99. The number of H-pyrrole nitrogens is 1. The van der Waals surface area contributed by atoms with Crippen LogP contribution in [-0.4, -0.2) is 21.5 Å². The number of furan rings is 1. The molecule has 7 heteroatoms. The Morgan fingerprint density at radius 2 is 2.03 bits per heavy atom. The van der Waals surface area contributed by atoms with Gasteiger partial charge in [-0.25, -0.2) is 4.98 Å². The number of hydrogen-bond donors (Lipinski definition) is 2. The zero-order chi connectivity index (χ0) is 20.9. The fraction of sp³-hybridized carbons (Fsp3) is 0.500. The lowest BCUT2D eigenvalue weighted by molar-refractivity contribution is -0.118. The third kappa shape index (κ3) is 3.80. The second-order valence-electron chi connectivity index (χ2n) is 9.18. The Hall–Kier alpha value is -2.28. The van der Waals surface area contributed by atoms with Gasteiger partial charge in [0, 0.05) is 23.4 Å². The van der Waals surface area contributed by atoms with Crippen LogP contribution >= 0.6 is 11.8 Å². The summed E-state index contributed by atoms with van der Waals surface area (Å²) in [5, 5.41) is 3.93. The van der Waals surface area contributed by atoms with Crippen molar-refractivity contribution in [3.63, 3.8) is 0 Å². The van der Waals surface area contributed by atoms with Gasteiger partial charge in [-0.1, -0.05) is 39.5 Å². The Balaban J connectivity index is 1.87. The Morgan fingerprint density at radius 3 is 2.69 bits per heavy atom. The monoisotopic (exact) mass is 413 g/mol. The largest absolute Gasteiger partial charge is 0.465 e. The summed E-state index contributed by atoms with van der Waals surface area (Å²) in [7, 11) is 0. The maximum atomic E-state index is 13.1. The van der Waals surface area contributed by atoms with Crippen LogP contribution in [0.4, 0.5) is 5.82 Å². The molecule has 0 aromatic carbocycles. The van der Waals surface area contributed by atoms with Crippen molar-refractivity contribution in [1.29, 1.82) is 0 Å². The summed E-state index contributed by atoms with van der Waals surface area (Å²) in [6.07, 6.45) is 1.18. The fourth-order valence-corrected chi connectivity index (χ4v) is 4.91. The summed E-state index contributed by atoms with van der Waals surface area (Å²) in [5.41, 5.74) is 1.59. The van der Waals surface area contributed by atoms with Crippen LogP contribution in [0.25, 0.3) is 0 Å². The van der Waals surface area contributed by atoms with Gasteiger partial charge in [0.2, 0.25) is 0 Å². The van der Waals surface area contributed by atoms with E-state index in [1.807, 2.05) is 19.1 Å². The minimum Gasteiger partial charge on any atom is -0.465 e. The molecule has 6 nitrogen and oxygen atoms in total. The Kier molecular flexibility index (Phi) is 4.97. The molecule has 4 rings (SSSR count). The van der Waals surface area contributed by atoms with E-state index in [4.69, 9.17) is 9.40 Å². The molecule has 1 unspecified atom stereocenters. The van der Waals surface area contributed by atoms with E-state index < -0.39 is 5.92 Å². The lowest BCUT2D eigenvalue weighted by Crippen LogP contribution is -2.36. The number of aromatic nitrogens is 2. The number of rotatable bonds is 4. The normalized spacial score (nSPS) is 20.5. The van der Waals surface area contributed by atoms with E-state index in [0.29, 0.717) is 40.2 Å². The number of nitrogens with zero attached hydrogens (tertiary/aromatic N) is 1. The van der Waals surface area contributed by atoms with Gasteiger partial charge < -0.3 is 14.7 Å². The molecular weight excluding hydrogens is 386 g/mol. The topological polar surface area (TPSA) is 88.0 Å². The van der Waals surface area contributed by atoms with Crippen molar-refractivity contribution in [3.05, 3.63) is 50.8 Å². The number of anilines is 1. The van der Waals surface area contributed by atoms with Gasteiger partial charge in [-0.05, 0) is 36.8 Å². The Morgan fingerprint density at radius 1 is 1.28 bits per heavy atom. The molecule has 1 aliphatic heterocycles. The van der Waals surface area contributed by atoms with Crippen LogP contribution in [0.3, 0.4) is 0 Å². The van der Waals surface area contributed by atoms with Crippen molar-refractivity contribution < 1.29 is 9.21 Å². The molecule has 2 aromatic heterocycles. The maximum absolute atomic E-state index is 13.1. The molecule has 2 N–H and O–H groups in total. The molecule has 0 saturated carbocycles. The highest BCUT2D eigenvalue weighted by atomic mass is 32.2. The summed E-state index contributed by atoms with van der Waals surface area (Å²) < 4.78 is 5.89. The van der Waals surface area contributed by atoms with Gasteiger partial charge in [0.25, 0.3) is 5.56 Å². The van der Waals surface area contributed by atoms with E-state index in [-0.39, 0.29) is 16.8 Å². The van der Waals surface area contributed by atoms with Crippen molar-refractivity contribution in [2.75, 3.05) is 11.1 Å². The smallest absolute Gasteiger partial charge is 0.257 e. The van der Waals surface area contributed by atoms with Crippen LogP contribution in [0.5, 0.6) is 0 Å². The lowest BCUT2D eigenvalue weighted by Gasteiger charge is -2.37. The molecule has 29 heavy (non-hydrogen) atoms. The molecule has 2 aromatic rings. The number of aromatic amines is 1. The SMILES string of the molecule is Cc1ccc(C2C3=C(CC(C)(C)CC3=O)Nc3nc(SCC(C)C)[nH]c(=O)c32)o1. The maximum Gasteiger partial charge on any atom is 0.257 e. The molecule has 0 radical (unpaired) electrons. The van der Waals surface area contributed by atoms with Crippen LogP contribution in [0, 0.1) is 18.3 Å². The molecule has 1 aliphatic carbocycles. The summed E-state index contributed by atoms with van der Waals surface area (Å²) in [4.78, 5) is 33.8. The summed E-state index contributed by atoms with van der Waals surface area (Å²) in [5.74, 6) is 2.77. The van der Waals surface area contributed by atoms with Crippen LogP contribution in [0.2, 0.25) is 0 Å². The highest BCUT2D eigenvalue weighted by Gasteiger charge is 2.43. The predicted molar refractivity (Wildman–Crippen MR) is 114 cm³/mol. The molecule has 0 amide bonds. The van der Waals surface area contributed by atoms with E-state index in [9.17, 15) is 9.59 Å². The third-order valence-corrected chi connectivity index (χ3v) is 6.60. The molecule has 0 bridgehead atoms. The van der Waals surface area contributed by atoms with E-state index in [2.05, 4.69) is 38.0 Å². The number of thioether (sulfide) groups is 1. The first-order chi connectivity index (χ1) is 13.6. The van der Waals surface area contributed by atoms with Crippen molar-refractivity contribution >= 4 is 23.4 Å². The number of hydrogen-bond acceptors (Lipinski definition) is 6. The van der Waals surface area contributed by atoms with E-state index in [1.54, 1.807) is 0 Å². The van der Waals surface area contributed by atoms with Gasteiger partial charge in [0.1, 0.15) is 17.3 Å². The van der Waals surface area contributed by atoms with Crippen molar-refractivity contribution in [1.82, 2.24) is 9.97 Å². The Labute approximate surface area is 174 Å². The molecule has 0 fully saturated rings. The number of allylic oxidation sites excluding steroid dienone is 2. The first-order valence-electron chi connectivity index (χ1n) is 10.0. The number of carbonyl (C=O) groups excluding carboxylic acids is 1. The number of nitrogens with one attached hydrogen (secondary N) is 2. The zero-order valence-electron chi connectivity index (χ0n) is 17.5. The molecule has 3 heterocycles. The number of carbonyl (C=O) groups is 1. The standard InChI is InChI=1S/C22H27N3O3S/c1-11(2)10-29-21-24-19-18(20(27)25-21)17(15-7-6-12(3)28-15)16-13(23-19)8-22(4,5)9-14(16)26/h6-7,11,17H,8-10H2,1-5H3,(H2,23,24,25,27). The lowest BCUT2D eigenvalue weighted by atomic mass is 9.70. The minimum absolute atomic E-state index is 0.0612. The second kappa shape index (κ2) is 7.20. The molecule has 0 spiro atoms. The number of aryl methyl sites for hydroxylation is 1. The van der Waals surface area contributed by atoms with Crippen LogP contribution in [0.1, 0.15) is 63.5 Å². The van der Waals surface area contributed by atoms with Gasteiger partial charge in [0.05, 0.1) is 11.5 Å². The molecular formula is C22H27N3O3S. The van der Waals surface area contributed by atoms with Crippen LogP contribution in [0.15, 0.2) is 37.8 Å². The average Bonchev–Trinajstić information content (AvgIpc) is 3.03. The van der Waals surface area contributed by atoms with Crippen molar-refractivity contribution in [2.24, 2.45) is 11.3 Å². The Bertz CT molecular complexity index is 1060. The van der Waals surface area contributed by atoms with Crippen LogP contribution < -0.4 is 10.9 Å². The first kappa shape index (κ1) is 20.0. The van der Waals surface area contributed by atoms with Gasteiger partial charge >= 0.3 is 0 Å². The van der Waals surface area contributed by atoms with Gasteiger partial charge in [0.15, 0.2) is 10.9 Å². The first-order valence-corrected chi connectivity index (χ1v) is 11.0. The van der Waals surface area contributed by atoms with Gasteiger partial charge in [-0.2, -0.15) is 0 Å². The van der Waals surface area contributed by atoms with E-state index in [1.165, 1.54) is 11.8 Å². The quantitative estimate of drug-likeness (QED) is 0.562. The fourth-order valence-electron chi connectivity index (χ4n) is 4.10. The minimum atomic E-state index is -0.529. The molecule has 2 aliphatic rings. The predicted octanol–water partition coefficient (Wildman–Crippen LogP) is 4.62. The van der Waals surface area contributed by atoms with Crippen molar-refractivity contribution in [3.8, 4) is 0 Å². The molecule has 154 valence electrons. The molecule has 0 saturated heterocycles. The number of Topliss-reactive ketones (excluding diaryl/α,β-unsaturated/α-hetero) is 1. The second-order valence-corrected chi connectivity index (χ2v) is 10.2. The van der Waals surface area contributed by atoms with Crippen LogP contribution in [-0.2, 0) is 4.79 Å². The highest BCUT2D eigenvalue weighted by Crippen LogP contribution is 2.47. The molecule has 1 atom stereocenters.